The first-order valence-corrected chi connectivity index (χ1v) is 8.27. The Morgan fingerprint density at radius 3 is 2.36 bits per heavy atom. The van der Waals surface area contributed by atoms with Crippen molar-refractivity contribution in [2.45, 2.75) is 5.92 Å². The fraction of sp³-hybridized carbons (Fsp3) is 0.278. The van der Waals surface area contributed by atoms with Crippen molar-refractivity contribution < 1.29 is 14.5 Å². The van der Waals surface area contributed by atoms with E-state index in [0.29, 0.717) is 5.56 Å². The third-order valence-corrected chi connectivity index (χ3v) is 4.92. The first-order valence-electron chi connectivity index (χ1n) is 8.27. The minimum absolute atomic E-state index is 0.125. The van der Waals surface area contributed by atoms with Crippen molar-refractivity contribution in [3.8, 4) is 0 Å². The van der Waals surface area contributed by atoms with Gasteiger partial charge < -0.3 is 10.1 Å². The number of methoxy groups -OCH3 is 1. The van der Waals surface area contributed by atoms with Crippen LogP contribution in [0.15, 0.2) is 46.1 Å². The lowest BCUT2D eigenvalue weighted by Gasteiger charge is -2.35. The predicted molar refractivity (Wildman–Crippen MR) is 100 cm³/mol. The molecule has 28 heavy (non-hydrogen) atoms. The molecule has 0 bridgehead atoms. The van der Waals surface area contributed by atoms with E-state index in [-0.39, 0.29) is 22.8 Å². The summed E-state index contributed by atoms with van der Waals surface area (Å²) in [6, 6.07) is 5.54. The minimum atomic E-state index is -0.954. The first-order chi connectivity index (χ1) is 13.2. The second-order valence-corrected chi connectivity index (χ2v) is 6.45. The summed E-state index contributed by atoms with van der Waals surface area (Å²) >= 11 is 0. The lowest BCUT2D eigenvalue weighted by atomic mass is 9.77. The molecule has 10 nitrogen and oxygen atoms in total. The van der Waals surface area contributed by atoms with Gasteiger partial charge in [-0.3, -0.25) is 28.8 Å². The molecule has 0 aliphatic carbocycles. The number of aromatic nitrogens is 2. The number of ether oxygens (including phenoxy) is 1. The molecule has 1 aliphatic heterocycles. The maximum atomic E-state index is 12.9. The standard InChI is InChI=1S/C18H18N4O6/c1-9-12(17(24)28-4)13(10-5-7-11(8-6-10)22(26)27)14-15(19-9)20(2)18(25)21(3)16(14)23/h5-8,12-13,19H,1H2,2-4H3. The highest BCUT2D eigenvalue weighted by Crippen LogP contribution is 2.42. The molecule has 146 valence electrons. The van der Waals surface area contributed by atoms with Crippen molar-refractivity contribution in [2.24, 2.45) is 20.0 Å². The molecule has 0 saturated heterocycles. The van der Waals surface area contributed by atoms with Gasteiger partial charge in [-0.05, 0) is 5.56 Å². The summed E-state index contributed by atoms with van der Waals surface area (Å²) in [7, 11) is 4.05. The zero-order chi connectivity index (χ0) is 20.7. The molecule has 1 aromatic carbocycles. The quantitative estimate of drug-likeness (QED) is 0.471. The average Bonchev–Trinajstić information content (AvgIpc) is 2.69. The predicted octanol–water partition coefficient (Wildman–Crippen LogP) is 0.852. The SMILES string of the molecule is C=C1Nc2c(c(=O)n(C)c(=O)n2C)C(c2ccc([N+](=O)[O-])cc2)C1C(=O)OC. The largest absolute Gasteiger partial charge is 0.468 e. The number of benzene rings is 1. The van der Waals surface area contributed by atoms with Crippen molar-refractivity contribution in [3.05, 3.63) is 78.6 Å². The highest BCUT2D eigenvalue weighted by molar-refractivity contribution is 5.81. The van der Waals surface area contributed by atoms with Gasteiger partial charge >= 0.3 is 11.7 Å². The van der Waals surface area contributed by atoms with Gasteiger partial charge in [-0.15, -0.1) is 0 Å². The van der Waals surface area contributed by atoms with Crippen LogP contribution in [0.3, 0.4) is 0 Å². The number of nitro benzene ring substituents is 1. The van der Waals surface area contributed by atoms with Crippen molar-refractivity contribution >= 4 is 17.5 Å². The van der Waals surface area contributed by atoms with E-state index in [1.165, 1.54) is 50.0 Å². The molecule has 2 unspecified atom stereocenters. The number of non-ortho nitro benzene ring substituents is 1. The van der Waals surface area contributed by atoms with Crippen LogP contribution in [0.5, 0.6) is 0 Å². The van der Waals surface area contributed by atoms with E-state index >= 15 is 0 Å². The lowest BCUT2D eigenvalue weighted by Crippen LogP contribution is -2.46. The Hall–Kier alpha value is -3.69. The van der Waals surface area contributed by atoms with Crippen LogP contribution in [0.2, 0.25) is 0 Å². The Morgan fingerprint density at radius 1 is 1.21 bits per heavy atom. The summed E-state index contributed by atoms with van der Waals surface area (Å²) in [5.74, 6) is -2.18. The number of nitrogens with one attached hydrogen (secondary N) is 1. The molecule has 0 amide bonds. The zero-order valence-corrected chi connectivity index (χ0v) is 15.5. The van der Waals surface area contributed by atoms with Crippen molar-refractivity contribution in [1.82, 2.24) is 9.13 Å². The summed E-state index contributed by atoms with van der Waals surface area (Å²) in [5, 5.41) is 13.8. The summed E-state index contributed by atoms with van der Waals surface area (Å²) in [4.78, 5) is 48.1. The summed E-state index contributed by atoms with van der Waals surface area (Å²) in [5.41, 5.74) is -0.314. The van der Waals surface area contributed by atoms with E-state index in [4.69, 9.17) is 4.74 Å². The summed E-state index contributed by atoms with van der Waals surface area (Å²) in [6.45, 7) is 3.86. The highest BCUT2D eigenvalue weighted by Gasteiger charge is 2.42. The smallest absolute Gasteiger partial charge is 0.332 e. The van der Waals surface area contributed by atoms with Gasteiger partial charge in [0.05, 0.1) is 17.6 Å². The molecule has 10 heteroatoms. The number of hydrogen-bond acceptors (Lipinski definition) is 7. The fourth-order valence-electron chi connectivity index (χ4n) is 3.47. The molecule has 0 fully saturated rings. The molecule has 2 aromatic rings. The number of hydrogen-bond donors (Lipinski definition) is 1. The fourth-order valence-corrected chi connectivity index (χ4v) is 3.47. The number of esters is 1. The number of carbonyl (C=O) groups excluding carboxylic acids is 1. The van der Waals surface area contributed by atoms with Crippen molar-refractivity contribution in [3.63, 3.8) is 0 Å². The van der Waals surface area contributed by atoms with Gasteiger partial charge in [0.15, 0.2) is 0 Å². The molecule has 1 aliphatic rings. The summed E-state index contributed by atoms with van der Waals surface area (Å²) < 4.78 is 7.09. The van der Waals surface area contributed by atoms with E-state index in [1.807, 2.05) is 0 Å². The van der Waals surface area contributed by atoms with Gasteiger partial charge in [-0.2, -0.15) is 0 Å². The Bertz CT molecular complexity index is 1110. The van der Waals surface area contributed by atoms with Crippen LogP contribution in [-0.4, -0.2) is 27.1 Å². The van der Waals surface area contributed by atoms with Crippen LogP contribution in [0.25, 0.3) is 0 Å². The Kier molecular flexibility index (Phi) is 4.63. The van der Waals surface area contributed by atoms with E-state index < -0.39 is 34.0 Å². The molecular weight excluding hydrogens is 368 g/mol. The topological polar surface area (TPSA) is 125 Å². The van der Waals surface area contributed by atoms with Gasteiger partial charge in [0.2, 0.25) is 0 Å². The van der Waals surface area contributed by atoms with Gasteiger partial charge in [0.25, 0.3) is 11.2 Å². The van der Waals surface area contributed by atoms with Crippen LogP contribution < -0.4 is 16.6 Å². The van der Waals surface area contributed by atoms with Crippen LogP contribution in [-0.2, 0) is 23.6 Å². The maximum Gasteiger partial charge on any atom is 0.332 e. The number of anilines is 1. The summed E-state index contributed by atoms with van der Waals surface area (Å²) in [6.07, 6.45) is 0. The Labute approximate surface area is 158 Å². The molecule has 2 atom stereocenters. The lowest BCUT2D eigenvalue weighted by molar-refractivity contribution is -0.384. The molecule has 1 N–H and O–H groups in total. The number of nitro groups is 1. The van der Waals surface area contributed by atoms with Crippen LogP contribution in [0.4, 0.5) is 11.5 Å². The highest BCUT2D eigenvalue weighted by atomic mass is 16.6. The second-order valence-electron chi connectivity index (χ2n) is 6.45. The molecule has 0 spiro atoms. The van der Waals surface area contributed by atoms with E-state index in [9.17, 15) is 24.5 Å². The number of rotatable bonds is 3. The molecule has 1 aromatic heterocycles. The monoisotopic (exact) mass is 386 g/mol. The van der Waals surface area contributed by atoms with Gasteiger partial charge in [0, 0.05) is 37.8 Å². The molecule has 0 radical (unpaired) electrons. The number of nitrogens with zero attached hydrogens (tertiary/aromatic N) is 3. The van der Waals surface area contributed by atoms with Crippen LogP contribution in [0.1, 0.15) is 17.0 Å². The third-order valence-electron chi connectivity index (χ3n) is 4.92. The number of carbonyl (C=O) groups is 1. The maximum absolute atomic E-state index is 12.9. The van der Waals surface area contributed by atoms with E-state index in [2.05, 4.69) is 11.9 Å². The van der Waals surface area contributed by atoms with Crippen LogP contribution >= 0.6 is 0 Å². The van der Waals surface area contributed by atoms with E-state index in [1.54, 1.807) is 0 Å². The van der Waals surface area contributed by atoms with Crippen molar-refractivity contribution in [2.75, 3.05) is 12.4 Å². The Morgan fingerprint density at radius 2 is 1.82 bits per heavy atom. The number of fused-ring (bicyclic) bond motifs is 1. The molecule has 0 saturated carbocycles. The molecular formula is C18H18N4O6. The van der Waals surface area contributed by atoms with Crippen LogP contribution in [0, 0.1) is 16.0 Å². The van der Waals surface area contributed by atoms with Gasteiger partial charge in [-0.25, -0.2) is 4.79 Å². The third kappa shape index (κ3) is 2.79. The van der Waals surface area contributed by atoms with Gasteiger partial charge in [0.1, 0.15) is 11.7 Å². The Balaban J connectivity index is 2.34. The average molecular weight is 386 g/mol. The second kappa shape index (κ2) is 6.80. The molecule has 2 heterocycles. The first kappa shape index (κ1) is 19.1. The zero-order valence-electron chi connectivity index (χ0n) is 15.5. The molecule has 3 rings (SSSR count). The normalized spacial score (nSPS) is 18.2. The van der Waals surface area contributed by atoms with E-state index in [0.717, 1.165) is 4.57 Å². The minimum Gasteiger partial charge on any atom is -0.468 e. The van der Waals surface area contributed by atoms with Crippen molar-refractivity contribution in [1.29, 1.82) is 0 Å². The van der Waals surface area contributed by atoms with Gasteiger partial charge in [-0.1, -0.05) is 18.7 Å².